The molecule has 94 valence electrons. The van der Waals surface area contributed by atoms with Crippen LogP contribution in [0.15, 0.2) is 30.5 Å². The van der Waals surface area contributed by atoms with Crippen LogP contribution < -0.4 is 9.64 Å². The summed E-state index contributed by atoms with van der Waals surface area (Å²) >= 11 is 0. The molecule has 4 nitrogen and oxygen atoms in total. The molecule has 0 saturated heterocycles. The van der Waals surface area contributed by atoms with Gasteiger partial charge in [0.15, 0.2) is 0 Å². The zero-order valence-corrected chi connectivity index (χ0v) is 10.1. The predicted molar refractivity (Wildman–Crippen MR) is 66.2 cm³/mol. The Labute approximate surface area is 105 Å². The smallest absolute Gasteiger partial charge is 0.145 e. The lowest BCUT2D eigenvalue weighted by Crippen LogP contribution is -2.32. The number of benzene rings is 1. The number of halogens is 1. The van der Waals surface area contributed by atoms with E-state index < -0.39 is 0 Å². The van der Waals surface area contributed by atoms with Crippen LogP contribution in [0.5, 0.6) is 5.75 Å². The van der Waals surface area contributed by atoms with Crippen LogP contribution in [0.3, 0.4) is 0 Å². The summed E-state index contributed by atoms with van der Waals surface area (Å²) in [7, 11) is 1.89. The van der Waals surface area contributed by atoms with E-state index in [9.17, 15) is 4.39 Å². The number of aryl methyl sites for hydroxylation is 1. The molecule has 2 heterocycles. The molecule has 0 radical (unpaired) electrons. The van der Waals surface area contributed by atoms with Crippen molar-refractivity contribution in [3.05, 3.63) is 42.0 Å². The summed E-state index contributed by atoms with van der Waals surface area (Å²) in [5.41, 5.74) is 1.92. The van der Waals surface area contributed by atoms with Gasteiger partial charge >= 0.3 is 0 Å². The molecule has 2 aromatic rings. The second kappa shape index (κ2) is 4.33. The molecule has 18 heavy (non-hydrogen) atoms. The zero-order valence-electron chi connectivity index (χ0n) is 10.1. The van der Waals surface area contributed by atoms with Crippen molar-refractivity contribution in [3.8, 4) is 5.75 Å². The first-order chi connectivity index (χ1) is 8.72. The Hall–Kier alpha value is -2.04. The average Bonchev–Trinajstić information content (AvgIpc) is 2.75. The summed E-state index contributed by atoms with van der Waals surface area (Å²) in [4.78, 5) is 2.15. The molecule has 0 atom stereocenters. The van der Waals surface area contributed by atoms with Crippen molar-refractivity contribution >= 4 is 5.69 Å². The fourth-order valence-electron chi connectivity index (χ4n) is 2.16. The molecule has 1 aliphatic rings. The van der Waals surface area contributed by atoms with Crippen LogP contribution >= 0.6 is 0 Å². The summed E-state index contributed by atoms with van der Waals surface area (Å²) in [6.07, 6.45) is 1.92. The monoisotopic (exact) mass is 247 g/mol. The van der Waals surface area contributed by atoms with E-state index in [1.54, 1.807) is 10.7 Å². The van der Waals surface area contributed by atoms with Crippen LogP contribution in [0.25, 0.3) is 0 Å². The topological polar surface area (TPSA) is 30.3 Å². The Kier molecular flexibility index (Phi) is 2.66. The van der Waals surface area contributed by atoms with Crippen molar-refractivity contribution in [2.75, 3.05) is 18.1 Å². The molecule has 5 heteroatoms. The minimum absolute atomic E-state index is 0.270. The van der Waals surface area contributed by atoms with Gasteiger partial charge in [-0.1, -0.05) is 0 Å². The highest BCUT2D eigenvalue weighted by Gasteiger charge is 2.19. The Bertz CT molecular complexity index is 567. The van der Waals surface area contributed by atoms with Crippen molar-refractivity contribution in [2.24, 2.45) is 7.05 Å². The predicted octanol–water partition coefficient (Wildman–Crippen LogP) is 1.96. The third kappa shape index (κ3) is 2.03. The van der Waals surface area contributed by atoms with Crippen LogP contribution in [0.1, 0.15) is 5.69 Å². The van der Waals surface area contributed by atoms with Gasteiger partial charge in [-0.3, -0.25) is 4.68 Å². The highest BCUT2D eigenvalue weighted by atomic mass is 19.1. The minimum Gasteiger partial charge on any atom is -0.489 e. The molecular formula is C13H14FN3O. The van der Waals surface area contributed by atoms with Gasteiger partial charge in [0.2, 0.25) is 0 Å². The molecule has 3 rings (SSSR count). The molecule has 0 bridgehead atoms. The zero-order chi connectivity index (χ0) is 12.5. The van der Waals surface area contributed by atoms with Crippen LogP contribution in [0.4, 0.5) is 10.1 Å². The number of anilines is 1. The first kappa shape index (κ1) is 11.1. The van der Waals surface area contributed by atoms with Gasteiger partial charge in [-0.15, -0.1) is 0 Å². The molecule has 1 aromatic carbocycles. The fourth-order valence-corrected chi connectivity index (χ4v) is 2.16. The molecule has 0 amide bonds. The number of aromatic nitrogens is 2. The Morgan fingerprint density at radius 3 is 3.06 bits per heavy atom. The van der Waals surface area contributed by atoms with Crippen molar-refractivity contribution in [1.29, 1.82) is 0 Å². The van der Waals surface area contributed by atoms with Crippen molar-refractivity contribution in [2.45, 2.75) is 6.54 Å². The van der Waals surface area contributed by atoms with Crippen molar-refractivity contribution in [1.82, 2.24) is 9.78 Å². The maximum atomic E-state index is 13.1. The molecule has 0 unspecified atom stereocenters. The molecular weight excluding hydrogens is 233 g/mol. The highest BCUT2D eigenvalue weighted by Crippen LogP contribution is 2.32. The maximum absolute atomic E-state index is 13.1. The van der Waals surface area contributed by atoms with E-state index in [-0.39, 0.29) is 5.82 Å². The third-order valence-corrected chi connectivity index (χ3v) is 3.00. The van der Waals surface area contributed by atoms with Gasteiger partial charge in [0.25, 0.3) is 0 Å². The first-order valence-electron chi connectivity index (χ1n) is 5.88. The van der Waals surface area contributed by atoms with E-state index in [1.165, 1.54) is 12.1 Å². The quantitative estimate of drug-likeness (QED) is 0.812. The molecule has 0 saturated carbocycles. The second-order valence-corrected chi connectivity index (χ2v) is 4.36. The highest BCUT2D eigenvalue weighted by molar-refractivity contribution is 5.60. The summed E-state index contributed by atoms with van der Waals surface area (Å²) in [5, 5.41) is 4.36. The molecule has 0 N–H and O–H groups in total. The van der Waals surface area contributed by atoms with E-state index in [0.717, 1.165) is 17.9 Å². The van der Waals surface area contributed by atoms with Gasteiger partial charge in [-0.2, -0.15) is 5.10 Å². The number of ether oxygens (including phenoxy) is 1. The molecule has 0 aliphatic carbocycles. The van der Waals surface area contributed by atoms with Crippen LogP contribution in [-0.4, -0.2) is 22.9 Å². The van der Waals surface area contributed by atoms with Crippen molar-refractivity contribution < 1.29 is 9.13 Å². The Balaban J connectivity index is 1.87. The third-order valence-electron chi connectivity index (χ3n) is 3.00. The van der Waals surface area contributed by atoms with Crippen LogP contribution in [0, 0.1) is 5.82 Å². The lowest BCUT2D eigenvalue weighted by molar-refractivity contribution is 0.305. The fraction of sp³-hybridized carbons (Fsp3) is 0.308. The summed E-state index contributed by atoms with van der Waals surface area (Å²) < 4.78 is 20.4. The van der Waals surface area contributed by atoms with Gasteiger partial charge in [0, 0.05) is 19.3 Å². The second-order valence-electron chi connectivity index (χ2n) is 4.36. The van der Waals surface area contributed by atoms with Gasteiger partial charge in [0.05, 0.1) is 24.5 Å². The maximum Gasteiger partial charge on any atom is 0.145 e. The van der Waals surface area contributed by atoms with Gasteiger partial charge in [-0.25, -0.2) is 4.39 Å². The van der Waals surface area contributed by atoms with Gasteiger partial charge in [-0.05, 0) is 18.2 Å². The summed E-state index contributed by atoms with van der Waals surface area (Å²) in [6.45, 7) is 2.07. The number of fused-ring (bicyclic) bond motifs is 1. The molecule has 0 spiro atoms. The summed E-state index contributed by atoms with van der Waals surface area (Å²) in [6, 6.07) is 6.63. The van der Waals surface area contributed by atoms with E-state index in [4.69, 9.17) is 4.74 Å². The Morgan fingerprint density at radius 1 is 1.39 bits per heavy atom. The number of hydrogen-bond acceptors (Lipinski definition) is 3. The SMILES string of the molecule is Cn1ccc(CN2CCOc3cc(F)ccc32)n1. The normalized spacial score (nSPS) is 14.2. The van der Waals surface area contributed by atoms with E-state index in [1.807, 2.05) is 19.3 Å². The largest absolute Gasteiger partial charge is 0.489 e. The van der Waals surface area contributed by atoms with E-state index in [2.05, 4.69) is 10.00 Å². The number of nitrogens with zero attached hydrogens (tertiary/aromatic N) is 3. The lowest BCUT2D eigenvalue weighted by Gasteiger charge is -2.30. The van der Waals surface area contributed by atoms with Gasteiger partial charge < -0.3 is 9.64 Å². The van der Waals surface area contributed by atoms with E-state index >= 15 is 0 Å². The average molecular weight is 247 g/mol. The summed E-state index contributed by atoms with van der Waals surface area (Å²) in [5.74, 6) is 0.339. The lowest BCUT2D eigenvalue weighted by atomic mass is 10.2. The molecule has 1 aliphatic heterocycles. The number of rotatable bonds is 2. The first-order valence-corrected chi connectivity index (χ1v) is 5.88. The van der Waals surface area contributed by atoms with E-state index in [0.29, 0.717) is 18.9 Å². The standard InChI is InChI=1S/C13H14FN3O/c1-16-5-4-11(15-16)9-17-6-7-18-13-8-10(14)2-3-12(13)17/h2-5,8H,6-7,9H2,1H3. The van der Waals surface area contributed by atoms with Gasteiger partial charge in [0.1, 0.15) is 18.2 Å². The molecule has 1 aromatic heterocycles. The minimum atomic E-state index is -0.270. The van der Waals surface area contributed by atoms with Crippen LogP contribution in [0.2, 0.25) is 0 Å². The molecule has 0 fully saturated rings. The number of hydrogen-bond donors (Lipinski definition) is 0. The van der Waals surface area contributed by atoms with Crippen LogP contribution in [-0.2, 0) is 13.6 Å². The van der Waals surface area contributed by atoms with Crippen molar-refractivity contribution in [3.63, 3.8) is 0 Å². The Morgan fingerprint density at radius 2 is 2.28 bits per heavy atom.